The smallest absolute Gasteiger partial charge is 0.231 e. The number of rotatable bonds is 5. The minimum atomic E-state index is -0.348. The van der Waals surface area contributed by atoms with Gasteiger partial charge < -0.3 is 10.2 Å². The van der Waals surface area contributed by atoms with Gasteiger partial charge in [0.2, 0.25) is 11.8 Å². The van der Waals surface area contributed by atoms with E-state index in [-0.39, 0.29) is 24.2 Å². The van der Waals surface area contributed by atoms with Gasteiger partial charge in [-0.3, -0.25) is 9.59 Å². The second-order valence-corrected chi connectivity index (χ2v) is 8.36. The normalized spacial score (nSPS) is 16.3. The lowest BCUT2D eigenvalue weighted by atomic mass is 10.0. The lowest BCUT2D eigenvalue weighted by Gasteiger charge is -2.16. The van der Waals surface area contributed by atoms with Gasteiger partial charge in [0, 0.05) is 30.5 Å². The van der Waals surface area contributed by atoms with Crippen molar-refractivity contribution in [1.82, 2.24) is 9.88 Å². The van der Waals surface area contributed by atoms with Crippen LogP contribution in [-0.2, 0) is 16.1 Å². The van der Waals surface area contributed by atoms with Crippen LogP contribution in [0.5, 0.6) is 0 Å². The Morgan fingerprint density at radius 2 is 2.00 bits per heavy atom. The average Bonchev–Trinajstić information content (AvgIpc) is 3.31. The van der Waals surface area contributed by atoms with E-state index in [1.54, 1.807) is 4.90 Å². The molecule has 0 radical (unpaired) electrons. The van der Waals surface area contributed by atoms with Crippen LogP contribution in [0, 0.1) is 19.8 Å². The fraction of sp³-hybridized carbons (Fsp3) is 0.261. The number of nitrogens with one attached hydrogen (secondary N) is 1. The molecule has 0 bridgehead atoms. The molecule has 2 heterocycles. The Balaban J connectivity index is 1.40. The molecule has 2 aromatic carbocycles. The summed E-state index contributed by atoms with van der Waals surface area (Å²) in [5.74, 6) is -0.473. The standard InChI is InChI=1S/C23H23N3O2S/c1-15-8-9-16(2)19(10-15)20-14-29-23(24-20)25-22(28)18-11-21(27)26(13-18)12-17-6-4-3-5-7-17/h3-10,14,18H,11-13H2,1-2H3,(H,24,25,28). The molecule has 3 aromatic rings. The molecule has 29 heavy (non-hydrogen) atoms. The molecule has 1 aromatic heterocycles. The van der Waals surface area contributed by atoms with Crippen molar-refractivity contribution >= 4 is 28.3 Å². The molecule has 1 atom stereocenters. The molecule has 1 N–H and O–H groups in total. The topological polar surface area (TPSA) is 62.3 Å². The summed E-state index contributed by atoms with van der Waals surface area (Å²) in [4.78, 5) is 31.4. The van der Waals surface area contributed by atoms with Crippen molar-refractivity contribution in [3.8, 4) is 11.3 Å². The number of nitrogens with zero attached hydrogens (tertiary/aromatic N) is 2. The Kier molecular flexibility index (Phi) is 5.45. The van der Waals surface area contributed by atoms with E-state index in [0.717, 1.165) is 22.4 Å². The number of thiazole rings is 1. The number of aryl methyl sites for hydroxylation is 2. The summed E-state index contributed by atoms with van der Waals surface area (Å²) in [6.07, 6.45) is 0.244. The van der Waals surface area contributed by atoms with Crippen molar-refractivity contribution in [1.29, 1.82) is 0 Å². The van der Waals surface area contributed by atoms with Crippen molar-refractivity contribution < 1.29 is 9.59 Å². The highest BCUT2D eigenvalue weighted by Crippen LogP contribution is 2.29. The van der Waals surface area contributed by atoms with E-state index in [1.807, 2.05) is 35.7 Å². The molecule has 148 valence electrons. The van der Waals surface area contributed by atoms with Crippen molar-refractivity contribution in [3.63, 3.8) is 0 Å². The summed E-state index contributed by atoms with van der Waals surface area (Å²) in [5, 5.41) is 5.43. The minimum Gasteiger partial charge on any atom is -0.338 e. The van der Waals surface area contributed by atoms with Crippen molar-refractivity contribution in [2.24, 2.45) is 5.92 Å². The van der Waals surface area contributed by atoms with Crippen LogP contribution in [0.3, 0.4) is 0 Å². The van der Waals surface area contributed by atoms with Gasteiger partial charge in [0.25, 0.3) is 0 Å². The maximum atomic E-state index is 12.7. The molecule has 6 heteroatoms. The summed E-state index contributed by atoms with van der Waals surface area (Å²) < 4.78 is 0. The van der Waals surface area contributed by atoms with Crippen LogP contribution in [0.2, 0.25) is 0 Å². The molecule has 4 rings (SSSR count). The zero-order valence-electron chi connectivity index (χ0n) is 16.5. The molecule has 1 unspecified atom stereocenters. The molecule has 1 fully saturated rings. The number of likely N-dealkylation sites (tertiary alicyclic amines) is 1. The number of benzene rings is 2. The summed E-state index contributed by atoms with van der Waals surface area (Å²) in [5.41, 5.74) is 5.33. The summed E-state index contributed by atoms with van der Waals surface area (Å²) in [7, 11) is 0. The lowest BCUT2D eigenvalue weighted by molar-refractivity contribution is -0.128. The number of carbonyl (C=O) groups is 2. The SMILES string of the molecule is Cc1ccc(C)c(-c2csc(NC(=O)C3CC(=O)N(Cc4ccccc4)C3)n2)c1. The Morgan fingerprint density at radius 3 is 2.79 bits per heavy atom. The monoisotopic (exact) mass is 405 g/mol. The van der Waals surface area contributed by atoms with Crippen molar-refractivity contribution in [2.45, 2.75) is 26.8 Å². The van der Waals surface area contributed by atoms with E-state index in [2.05, 4.69) is 42.3 Å². The third-order valence-electron chi connectivity index (χ3n) is 5.20. The Labute approximate surface area is 174 Å². The molecule has 2 amide bonds. The molecule has 1 aliphatic heterocycles. The number of carbonyl (C=O) groups excluding carboxylic acids is 2. The first-order valence-corrected chi connectivity index (χ1v) is 10.5. The van der Waals surface area contributed by atoms with Crippen LogP contribution in [0.4, 0.5) is 5.13 Å². The lowest BCUT2D eigenvalue weighted by Crippen LogP contribution is -2.28. The van der Waals surface area contributed by atoms with Gasteiger partial charge in [-0.05, 0) is 31.0 Å². The van der Waals surface area contributed by atoms with E-state index in [9.17, 15) is 9.59 Å². The number of amides is 2. The van der Waals surface area contributed by atoms with Crippen LogP contribution in [-0.4, -0.2) is 28.2 Å². The predicted molar refractivity (Wildman–Crippen MR) is 116 cm³/mol. The van der Waals surface area contributed by atoms with Gasteiger partial charge in [0.1, 0.15) is 0 Å². The highest BCUT2D eigenvalue weighted by atomic mass is 32.1. The van der Waals surface area contributed by atoms with Crippen LogP contribution >= 0.6 is 11.3 Å². The second kappa shape index (κ2) is 8.17. The molecule has 0 aliphatic carbocycles. The molecule has 0 spiro atoms. The van der Waals surface area contributed by atoms with Gasteiger partial charge in [-0.2, -0.15) is 0 Å². The van der Waals surface area contributed by atoms with Crippen LogP contribution < -0.4 is 5.32 Å². The van der Waals surface area contributed by atoms with Crippen LogP contribution in [0.15, 0.2) is 53.9 Å². The number of hydrogen-bond donors (Lipinski definition) is 1. The van der Waals surface area contributed by atoms with Crippen LogP contribution in [0.1, 0.15) is 23.1 Å². The highest BCUT2D eigenvalue weighted by molar-refractivity contribution is 7.14. The Morgan fingerprint density at radius 1 is 1.21 bits per heavy atom. The quantitative estimate of drug-likeness (QED) is 0.684. The first-order chi connectivity index (χ1) is 14.0. The van der Waals surface area contributed by atoms with Crippen molar-refractivity contribution in [2.75, 3.05) is 11.9 Å². The van der Waals surface area contributed by atoms with E-state index in [1.165, 1.54) is 16.9 Å². The Bertz CT molecular complexity index is 1050. The maximum Gasteiger partial charge on any atom is 0.231 e. The van der Waals surface area contributed by atoms with Gasteiger partial charge in [-0.1, -0.05) is 48.0 Å². The van der Waals surface area contributed by atoms with Gasteiger partial charge >= 0.3 is 0 Å². The summed E-state index contributed by atoms with van der Waals surface area (Å²) in [6, 6.07) is 16.1. The molecule has 1 aliphatic rings. The van der Waals surface area contributed by atoms with Gasteiger partial charge in [0.05, 0.1) is 11.6 Å². The number of anilines is 1. The van der Waals surface area contributed by atoms with Gasteiger partial charge in [-0.15, -0.1) is 11.3 Å². The third-order valence-corrected chi connectivity index (χ3v) is 5.96. The first kappa shape index (κ1) is 19.3. The maximum absolute atomic E-state index is 12.7. The molecule has 1 saturated heterocycles. The first-order valence-electron chi connectivity index (χ1n) is 9.65. The fourth-order valence-electron chi connectivity index (χ4n) is 3.58. The van der Waals surface area contributed by atoms with Crippen molar-refractivity contribution in [3.05, 3.63) is 70.6 Å². The van der Waals surface area contributed by atoms with E-state index < -0.39 is 0 Å². The largest absolute Gasteiger partial charge is 0.338 e. The molecular weight excluding hydrogens is 382 g/mol. The average molecular weight is 406 g/mol. The fourth-order valence-corrected chi connectivity index (χ4v) is 4.29. The second-order valence-electron chi connectivity index (χ2n) is 7.51. The van der Waals surface area contributed by atoms with E-state index in [0.29, 0.717) is 18.2 Å². The Hall–Kier alpha value is -2.99. The molecule has 5 nitrogen and oxygen atoms in total. The number of hydrogen-bond acceptors (Lipinski definition) is 4. The summed E-state index contributed by atoms with van der Waals surface area (Å²) in [6.45, 7) is 5.08. The highest BCUT2D eigenvalue weighted by Gasteiger charge is 2.34. The van der Waals surface area contributed by atoms with Crippen LogP contribution in [0.25, 0.3) is 11.3 Å². The van der Waals surface area contributed by atoms with E-state index >= 15 is 0 Å². The molecular formula is C23H23N3O2S. The minimum absolute atomic E-state index is 0.0178. The summed E-state index contributed by atoms with van der Waals surface area (Å²) >= 11 is 1.41. The third kappa shape index (κ3) is 4.38. The predicted octanol–water partition coefficient (Wildman–Crippen LogP) is 4.41. The number of aromatic nitrogens is 1. The zero-order chi connectivity index (χ0) is 20.4. The zero-order valence-corrected chi connectivity index (χ0v) is 17.3. The molecule has 0 saturated carbocycles. The van der Waals surface area contributed by atoms with Gasteiger partial charge in [-0.25, -0.2) is 4.98 Å². The van der Waals surface area contributed by atoms with E-state index in [4.69, 9.17) is 0 Å². The van der Waals surface area contributed by atoms with Gasteiger partial charge in [0.15, 0.2) is 5.13 Å².